The fraction of sp³-hybridized carbons (Fsp3) is 0.310. The van der Waals surface area contributed by atoms with E-state index in [4.69, 9.17) is 4.98 Å². The molecular formula is C29H34N8O. The van der Waals surface area contributed by atoms with E-state index in [-0.39, 0.29) is 5.56 Å². The smallest absolute Gasteiger partial charge is 0.252 e. The monoisotopic (exact) mass is 510 g/mol. The fourth-order valence-electron chi connectivity index (χ4n) is 4.95. The number of fused-ring (bicyclic) bond motifs is 1. The topological polar surface area (TPSA) is 84.1 Å². The van der Waals surface area contributed by atoms with Crippen molar-refractivity contribution in [2.45, 2.75) is 32.5 Å². The standard InChI is InChI=1S/C29H34N8O/c1-4-22(3)35-14-13-34(26(5-2)21-35)15-16-37-27(38)12-11-24-17-30-29(33-28(24)37)32-25-18-31-36(20-25)19-23-9-7-6-8-10-23/h4,6-12,17-18,20,26H,1,3,5,13-16,19,21H2,2H3,(H,30,32,33). The maximum Gasteiger partial charge on any atom is 0.252 e. The van der Waals surface area contributed by atoms with E-state index in [1.54, 1.807) is 29.1 Å². The van der Waals surface area contributed by atoms with Crippen LogP contribution in [-0.4, -0.2) is 66.3 Å². The molecule has 9 nitrogen and oxygen atoms in total. The first-order chi connectivity index (χ1) is 18.5. The van der Waals surface area contributed by atoms with Crippen LogP contribution in [0.3, 0.4) is 0 Å². The summed E-state index contributed by atoms with van der Waals surface area (Å²) in [5.41, 5.74) is 3.49. The summed E-state index contributed by atoms with van der Waals surface area (Å²) < 4.78 is 3.62. The highest BCUT2D eigenvalue weighted by Gasteiger charge is 2.25. The van der Waals surface area contributed by atoms with Crippen molar-refractivity contribution in [1.82, 2.24) is 34.1 Å². The Labute approximate surface area is 222 Å². The summed E-state index contributed by atoms with van der Waals surface area (Å²) in [6.45, 7) is 14.9. The lowest BCUT2D eigenvalue weighted by Gasteiger charge is -2.42. The number of benzene rings is 1. The van der Waals surface area contributed by atoms with Crippen LogP contribution in [-0.2, 0) is 13.1 Å². The summed E-state index contributed by atoms with van der Waals surface area (Å²) in [6, 6.07) is 13.9. The second-order valence-corrected chi connectivity index (χ2v) is 9.57. The predicted molar refractivity (Wildman–Crippen MR) is 151 cm³/mol. The van der Waals surface area contributed by atoms with Crippen molar-refractivity contribution in [3.8, 4) is 0 Å². The molecule has 38 heavy (non-hydrogen) atoms. The molecule has 1 aromatic carbocycles. The average Bonchev–Trinajstić information content (AvgIpc) is 3.38. The molecule has 3 aromatic heterocycles. The highest BCUT2D eigenvalue weighted by molar-refractivity contribution is 5.75. The zero-order valence-corrected chi connectivity index (χ0v) is 21.8. The van der Waals surface area contributed by atoms with Crippen LogP contribution in [0.2, 0.25) is 0 Å². The van der Waals surface area contributed by atoms with Crippen LogP contribution in [0.4, 0.5) is 11.6 Å². The van der Waals surface area contributed by atoms with Crippen molar-refractivity contribution in [3.05, 3.63) is 102 Å². The number of anilines is 2. The number of hydrogen-bond donors (Lipinski definition) is 1. The van der Waals surface area contributed by atoms with Crippen molar-refractivity contribution >= 4 is 22.7 Å². The predicted octanol–water partition coefficient (Wildman–Crippen LogP) is 3.88. The second kappa shape index (κ2) is 11.4. The largest absolute Gasteiger partial charge is 0.369 e. The Kier molecular flexibility index (Phi) is 7.65. The Morgan fingerprint density at radius 3 is 2.76 bits per heavy atom. The molecule has 196 valence electrons. The Bertz CT molecular complexity index is 1470. The van der Waals surface area contributed by atoms with Gasteiger partial charge in [0.2, 0.25) is 5.95 Å². The molecule has 0 amide bonds. The van der Waals surface area contributed by atoms with Gasteiger partial charge in [0, 0.05) is 68.3 Å². The van der Waals surface area contributed by atoms with Gasteiger partial charge in [-0.05, 0) is 24.1 Å². The van der Waals surface area contributed by atoms with Crippen LogP contribution >= 0.6 is 0 Å². The van der Waals surface area contributed by atoms with Gasteiger partial charge in [-0.15, -0.1) is 0 Å². The van der Waals surface area contributed by atoms with E-state index >= 15 is 0 Å². The number of nitrogens with zero attached hydrogens (tertiary/aromatic N) is 7. The van der Waals surface area contributed by atoms with Crippen molar-refractivity contribution in [1.29, 1.82) is 0 Å². The van der Waals surface area contributed by atoms with Gasteiger partial charge in [-0.1, -0.05) is 50.4 Å². The van der Waals surface area contributed by atoms with Gasteiger partial charge in [-0.3, -0.25) is 18.9 Å². The average molecular weight is 511 g/mol. The third kappa shape index (κ3) is 5.68. The van der Waals surface area contributed by atoms with Crippen molar-refractivity contribution in [2.24, 2.45) is 0 Å². The minimum atomic E-state index is -0.0652. The molecule has 5 rings (SSSR count). The Morgan fingerprint density at radius 2 is 1.97 bits per heavy atom. The second-order valence-electron chi connectivity index (χ2n) is 9.57. The van der Waals surface area contributed by atoms with Crippen LogP contribution in [0.5, 0.6) is 0 Å². The van der Waals surface area contributed by atoms with Crippen molar-refractivity contribution < 1.29 is 0 Å². The highest BCUT2D eigenvalue weighted by atomic mass is 16.1. The van der Waals surface area contributed by atoms with Gasteiger partial charge in [-0.25, -0.2) is 4.98 Å². The SMILES string of the molecule is C=CC(=C)N1CCN(CCn2c(=O)ccc3cnc(Nc4cnn(Cc5ccccc5)c4)nc32)C(CC)C1. The highest BCUT2D eigenvalue weighted by Crippen LogP contribution is 2.19. The van der Waals surface area contributed by atoms with Gasteiger partial charge < -0.3 is 10.2 Å². The number of piperazine rings is 1. The molecule has 4 aromatic rings. The molecule has 0 aliphatic carbocycles. The zero-order chi connectivity index (χ0) is 26.5. The summed E-state index contributed by atoms with van der Waals surface area (Å²) in [4.78, 5) is 26.8. The van der Waals surface area contributed by atoms with Gasteiger partial charge in [0.15, 0.2) is 0 Å². The summed E-state index contributed by atoms with van der Waals surface area (Å²) in [5, 5.41) is 8.51. The van der Waals surface area contributed by atoms with E-state index in [9.17, 15) is 4.79 Å². The van der Waals surface area contributed by atoms with Crippen molar-refractivity contribution in [3.63, 3.8) is 0 Å². The van der Waals surface area contributed by atoms with E-state index in [1.807, 2.05) is 35.2 Å². The van der Waals surface area contributed by atoms with Gasteiger partial charge in [-0.2, -0.15) is 10.1 Å². The van der Waals surface area contributed by atoms with Gasteiger partial charge in [0.1, 0.15) is 5.65 Å². The molecule has 0 radical (unpaired) electrons. The number of aromatic nitrogens is 5. The molecule has 4 heterocycles. The van der Waals surface area contributed by atoms with Crippen LogP contribution in [0.25, 0.3) is 11.0 Å². The number of rotatable bonds is 10. The number of allylic oxidation sites excluding steroid dienone is 1. The molecular weight excluding hydrogens is 476 g/mol. The first kappa shape index (κ1) is 25.4. The lowest BCUT2D eigenvalue weighted by Crippen LogP contribution is -2.53. The summed E-state index contributed by atoms with van der Waals surface area (Å²) >= 11 is 0. The molecule has 1 aliphatic rings. The molecule has 1 fully saturated rings. The number of nitrogens with one attached hydrogen (secondary N) is 1. The minimum absolute atomic E-state index is 0.0652. The van der Waals surface area contributed by atoms with Crippen molar-refractivity contribution in [2.75, 3.05) is 31.5 Å². The molecule has 1 N–H and O–H groups in total. The fourth-order valence-corrected chi connectivity index (χ4v) is 4.95. The van der Waals surface area contributed by atoms with Gasteiger partial charge in [0.05, 0.1) is 18.4 Å². The van der Waals surface area contributed by atoms with E-state index in [1.165, 1.54) is 5.56 Å². The van der Waals surface area contributed by atoms with Crippen LogP contribution in [0, 0.1) is 0 Å². The number of hydrogen-bond acceptors (Lipinski definition) is 7. The third-order valence-electron chi connectivity index (χ3n) is 7.13. The molecule has 0 spiro atoms. The maximum absolute atomic E-state index is 12.9. The Hall–Kier alpha value is -4.24. The molecule has 1 aliphatic heterocycles. The normalized spacial score (nSPS) is 16.0. The van der Waals surface area contributed by atoms with Gasteiger partial charge in [0.25, 0.3) is 5.56 Å². The Morgan fingerprint density at radius 1 is 1.13 bits per heavy atom. The molecule has 1 atom stereocenters. The first-order valence-electron chi connectivity index (χ1n) is 13.0. The quantitative estimate of drug-likeness (QED) is 0.324. The first-order valence-corrected chi connectivity index (χ1v) is 13.0. The number of pyridine rings is 1. The lowest BCUT2D eigenvalue weighted by molar-refractivity contribution is 0.0906. The summed E-state index contributed by atoms with van der Waals surface area (Å²) in [5.74, 6) is 0.430. The van der Waals surface area contributed by atoms with E-state index < -0.39 is 0 Å². The maximum atomic E-state index is 12.9. The van der Waals surface area contributed by atoms with Crippen LogP contribution in [0.15, 0.2) is 90.8 Å². The van der Waals surface area contributed by atoms with Gasteiger partial charge >= 0.3 is 0 Å². The van der Waals surface area contributed by atoms with E-state index in [0.29, 0.717) is 30.7 Å². The zero-order valence-electron chi connectivity index (χ0n) is 21.8. The molecule has 1 saturated heterocycles. The van der Waals surface area contributed by atoms with Crippen LogP contribution in [0.1, 0.15) is 18.9 Å². The van der Waals surface area contributed by atoms with Crippen LogP contribution < -0.4 is 10.9 Å². The van der Waals surface area contributed by atoms with E-state index in [2.05, 4.69) is 57.4 Å². The Balaban J connectivity index is 1.31. The molecule has 1 unspecified atom stereocenters. The summed E-state index contributed by atoms with van der Waals surface area (Å²) in [7, 11) is 0. The summed E-state index contributed by atoms with van der Waals surface area (Å²) in [6.07, 6.45) is 8.27. The molecule has 0 saturated carbocycles. The molecule has 0 bridgehead atoms. The lowest BCUT2D eigenvalue weighted by atomic mass is 10.1. The van der Waals surface area contributed by atoms with E-state index in [0.717, 1.165) is 49.4 Å². The molecule has 9 heteroatoms. The third-order valence-corrected chi connectivity index (χ3v) is 7.13. The minimum Gasteiger partial charge on any atom is -0.369 e.